The lowest BCUT2D eigenvalue weighted by atomic mass is 10.2. The number of nitrogens with zero attached hydrogens (tertiary/aromatic N) is 1. The monoisotopic (exact) mass is 343 g/mol. The molecule has 0 saturated carbocycles. The van der Waals surface area contributed by atoms with Crippen LogP contribution in [-0.4, -0.2) is 18.1 Å². The molecule has 1 heterocycles. The molecule has 2 aromatic carbocycles. The minimum Gasteiger partial charge on any atom is -0.494 e. The lowest BCUT2D eigenvalue weighted by Crippen LogP contribution is -2.01. The molecule has 1 aromatic heterocycles. The predicted molar refractivity (Wildman–Crippen MR) is 91.4 cm³/mol. The van der Waals surface area contributed by atoms with Crippen LogP contribution in [0.5, 0.6) is 5.75 Å². The highest BCUT2D eigenvalue weighted by Gasteiger charge is 2.06. The molecule has 0 fully saturated rings. The highest BCUT2D eigenvalue weighted by atomic mass is 32.1. The molecule has 0 aliphatic carbocycles. The molecule has 0 bridgehead atoms. The van der Waals surface area contributed by atoms with E-state index in [0.717, 1.165) is 15.2 Å². The number of hydrogen-bond acceptors (Lipinski definition) is 5. The lowest BCUT2D eigenvalue weighted by Gasteiger charge is -2.05. The second kappa shape index (κ2) is 7.23. The Balaban J connectivity index is 1.60. The van der Waals surface area contributed by atoms with Crippen molar-refractivity contribution >= 4 is 33.6 Å². The molecule has 3 aromatic rings. The summed E-state index contributed by atoms with van der Waals surface area (Å²) in [5, 5.41) is 0.726. The molecule has 6 heteroatoms. The molecule has 0 amide bonds. The smallest absolute Gasteiger partial charge is 0.331 e. The van der Waals surface area contributed by atoms with E-state index >= 15 is 0 Å². The fraction of sp³-hybridized carbons (Fsp3) is 0.111. The number of carbonyl (C=O) groups is 1. The molecule has 24 heavy (non-hydrogen) atoms. The number of benzene rings is 2. The van der Waals surface area contributed by atoms with E-state index in [1.165, 1.54) is 36.7 Å². The van der Waals surface area contributed by atoms with Crippen LogP contribution in [0.25, 0.3) is 16.3 Å². The Morgan fingerprint density at radius 3 is 2.88 bits per heavy atom. The van der Waals surface area contributed by atoms with Gasteiger partial charge in [0.1, 0.15) is 11.6 Å². The minimum absolute atomic E-state index is 0.00999. The van der Waals surface area contributed by atoms with E-state index in [1.807, 2.05) is 24.3 Å². The Kier molecular flexibility index (Phi) is 4.86. The molecule has 0 spiro atoms. The second-order valence-electron chi connectivity index (χ2n) is 4.93. The van der Waals surface area contributed by atoms with Crippen LogP contribution in [0.15, 0.2) is 48.5 Å². The van der Waals surface area contributed by atoms with Crippen molar-refractivity contribution in [3.05, 3.63) is 64.9 Å². The SMILES string of the molecule is COc1ccc(COC(=O)/C=C/c2nc3ccccc3s2)cc1F. The van der Waals surface area contributed by atoms with Gasteiger partial charge in [0.2, 0.25) is 0 Å². The summed E-state index contributed by atoms with van der Waals surface area (Å²) in [6.45, 7) is -0.00999. The Bertz CT molecular complexity index is 871. The van der Waals surface area contributed by atoms with Crippen LogP contribution in [0.1, 0.15) is 10.6 Å². The van der Waals surface area contributed by atoms with Gasteiger partial charge in [-0.25, -0.2) is 14.2 Å². The van der Waals surface area contributed by atoms with Gasteiger partial charge in [0.05, 0.1) is 17.3 Å². The zero-order valence-electron chi connectivity index (χ0n) is 12.9. The van der Waals surface area contributed by atoms with E-state index in [1.54, 1.807) is 12.1 Å². The van der Waals surface area contributed by atoms with Crippen molar-refractivity contribution in [2.45, 2.75) is 6.61 Å². The summed E-state index contributed by atoms with van der Waals surface area (Å²) in [6, 6.07) is 12.2. The zero-order valence-corrected chi connectivity index (χ0v) is 13.7. The maximum Gasteiger partial charge on any atom is 0.331 e. The van der Waals surface area contributed by atoms with Gasteiger partial charge in [-0.05, 0) is 35.9 Å². The van der Waals surface area contributed by atoms with Gasteiger partial charge in [0.15, 0.2) is 11.6 Å². The van der Waals surface area contributed by atoms with Crippen molar-refractivity contribution in [1.82, 2.24) is 4.98 Å². The van der Waals surface area contributed by atoms with Crippen LogP contribution in [0.3, 0.4) is 0 Å². The van der Waals surface area contributed by atoms with Crippen molar-refractivity contribution in [3.63, 3.8) is 0 Å². The van der Waals surface area contributed by atoms with Crippen molar-refractivity contribution in [3.8, 4) is 5.75 Å². The summed E-state index contributed by atoms with van der Waals surface area (Å²) in [5.74, 6) is -0.845. The maximum absolute atomic E-state index is 13.6. The Labute approximate surface area is 142 Å². The normalized spacial score (nSPS) is 11.1. The van der Waals surface area contributed by atoms with Gasteiger partial charge in [0.25, 0.3) is 0 Å². The molecule has 0 saturated heterocycles. The number of halogens is 1. The zero-order chi connectivity index (χ0) is 16.9. The molecule has 0 unspecified atom stereocenters. The van der Waals surface area contributed by atoms with Crippen LogP contribution in [0, 0.1) is 5.82 Å². The molecule has 0 radical (unpaired) electrons. The number of thiazole rings is 1. The third-order valence-corrected chi connectivity index (χ3v) is 4.27. The van der Waals surface area contributed by atoms with E-state index < -0.39 is 11.8 Å². The first kappa shape index (κ1) is 16.1. The highest BCUT2D eigenvalue weighted by molar-refractivity contribution is 7.19. The van der Waals surface area contributed by atoms with Crippen LogP contribution in [0.2, 0.25) is 0 Å². The van der Waals surface area contributed by atoms with Crippen molar-refractivity contribution in [2.75, 3.05) is 7.11 Å². The van der Waals surface area contributed by atoms with Crippen LogP contribution in [-0.2, 0) is 16.1 Å². The molecular formula is C18H14FNO3S. The average molecular weight is 343 g/mol. The molecule has 4 nitrogen and oxygen atoms in total. The van der Waals surface area contributed by atoms with Gasteiger partial charge < -0.3 is 9.47 Å². The average Bonchev–Trinajstić information content (AvgIpc) is 3.01. The van der Waals surface area contributed by atoms with Gasteiger partial charge in [-0.2, -0.15) is 0 Å². The number of esters is 1. The number of para-hydroxylation sites is 1. The Hall–Kier alpha value is -2.73. The summed E-state index contributed by atoms with van der Waals surface area (Å²) in [4.78, 5) is 16.2. The third-order valence-electron chi connectivity index (χ3n) is 3.27. The number of hydrogen-bond donors (Lipinski definition) is 0. The first-order valence-corrected chi connectivity index (χ1v) is 8.00. The number of fused-ring (bicyclic) bond motifs is 1. The predicted octanol–water partition coefficient (Wildman–Crippen LogP) is 4.20. The largest absolute Gasteiger partial charge is 0.494 e. The van der Waals surface area contributed by atoms with E-state index in [9.17, 15) is 9.18 Å². The number of ether oxygens (including phenoxy) is 2. The summed E-state index contributed by atoms with van der Waals surface area (Å²) in [6.07, 6.45) is 2.93. The van der Waals surface area contributed by atoms with Crippen molar-refractivity contribution < 1.29 is 18.7 Å². The first-order chi connectivity index (χ1) is 11.7. The van der Waals surface area contributed by atoms with Crippen molar-refractivity contribution in [2.24, 2.45) is 0 Å². The summed E-state index contributed by atoms with van der Waals surface area (Å²) >= 11 is 1.49. The number of methoxy groups -OCH3 is 1. The van der Waals surface area contributed by atoms with Gasteiger partial charge in [-0.15, -0.1) is 11.3 Å². The van der Waals surface area contributed by atoms with Gasteiger partial charge in [0, 0.05) is 6.08 Å². The molecule has 0 N–H and O–H groups in total. The fourth-order valence-electron chi connectivity index (χ4n) is 2.10. The van der Waals surface area contributed by atoms with Gasteiger partial charge in [-0.3, -0.25) is 0 Å². The molecule has 0 aliphatic rings. The summed E-state index contributed by atoms with van der Waals surface area (Å²) in [5.41, 5.74) is 1.44. The van der Waals surface area contributed by atoms with E-state index in [0.29, 0.717) is 5.56 Å². The molecule has 0 atom stereocenters. The van der Waals surface area contributed by atoms with Crippen molar-refractivity contribution in [1.29, 1.82) is 0 Å². The summed E-state index contributed by atoms with van der Waals surface area (Å²) in [7, 11) is 1.39. The highest BCUT2D eigenvalue weighted by Crippen LogP contribution is 2.22. The Morgan fingerprint density at radius 1 is 1.29 bits per heavy atom. The van der Waals surface area contributed by atoms with E-state index in [-0.39, 0.29) is 12.4 Å². The molecule has 122 valence electrons. The quantitative estimate of drug-likeness (QED) is 0.514. The standard InChI is InChI=1S/C18H14FNO3S/c1-22-15-7-6-12(10-13(15)19)11-23-18(21)9-8-17-20-14-4-2-3-5-16(14)24-17/h2-10H,11H2,1H3/b9-8+. The fourth-order valence-corrected chi connectivity index (χ4v) is 2.97. The number of aromatic nitrogens is 1. The topological polar surface area (TPSA) is 48.4 Å². The summed E-state index contributed by atoms with van der Waals surface area (Å²) < 4.78 is 24.5. The number of carbonyl (C=O) groups excluding carboxylic acids is 1. The van der Waals surface area contributed by atoms with Crippen LogP contribution < -0.4 is 4.74 Å². The Morgan fingerprint density at radius 2 is 2.12 bits per heavy atom. The molecule has 0 aliphatic heterocycles. The molecular weight excluding hydrogens is 329 g/mol. The third kappa shape index (κ3) is 3.78. The first-order valence-electron chi connectivity index (χ1n) is 7.18. The van der Waals surface area contributed by atoms with Crippen LogP contribution >= 0.6 is 11.3 Å². The minimum atomic E-state index is -0.509. The van der Waals surface area contributed by atoms with Gasteiger partial charge in [-0.1, -0.05) is 18.2 Å². The van der Waals surface area contributed by atoms with E-state index in [4.69, 9.17) is 9.47 Å². The number of rotatable bonds is 5. The maximum atomic E-state index is 13.6. The van der Waals surface area contributed by atoms with Gasteiger partial charge >= 0.3 is 5.97 Å². The van der Waals surface area contributed by atoms with Crippen LogP contribution in [0.4, 0.5) is 4.39 Å². The second-order valence-corrected chi connectivity index (χ2v) is 5.99. The lowest BCUT2D eigenvalue weighted by molar-refractivity contribution is -0.138. The van der Waals surface area contributed by atoms with E-state index in [2.05, 4.69) is 4.98 Å². The molecule has 3 rings (SSSR count).